The van der Waals surface area contributed by atoms with E-state index in [9.17, 15) is 24.3 Å². The summed E-state index contributed by atoms with van der Waals surface area (Å²) in [6.45, 7) is 0. The third kappa shape index (κ3) is 3.99. The van der Waals surface area contributed by atoms with Crippen molar-refractivity contribution in [3.05, 3.63) is 77.6 Å². The first-order chi connectivity index (χ1) is 16.3. The van der Waals surface area contributed by atoms with Crippen molar-refractivity contribution in [1.82, 2.24) is 9.88 Å². The zero-order valence-electron chi connectivity index (χ0n) is 18.1. The maximum Gasteiger partial charge on any atom is 0.336 e. The number of rotatable bonds is 6. The molecule has 0 spiro atoms. The Hall–Kier alpha value is -4.86. The topological polar surface area (TPSA) is 127 Å². The van der Waals surface area contributed by atoms with E-state index in [1.54, 1.807) is 41.1 Å². The Bertz CT molecular complexity index is 1360. The summed E-state index contributed by atoms with van der Waals surface area (Å²) in [7, 11) is 2.85. The van der Waals surface area contributed by atoms with Crippen molar-refractivity contribution in [2.45, 2.75) is 0 Å². The number of nitrogens with zero attached hydrogens (tertiary/aromatic N) is 2. The molecule has 4 amide bonds. The number of benzene rings is 2. The normalized spacial score (nSPS) is 14.8. The van der Waals surface area contributed by atoms with Crippen LogP contribution in [0.4, 0.5) is 10.5 Å². The number of nitrogens with one attached hydrogen (secondary N) is 1. The van der Waals surface area contributed by atoms with Gasteiger partial charge in [0.2, 0.25) is 0 Å². The molecule has 0 saturated carbocycles. The van der Waals surface area contributed by atoms with E-state index in [0.717, 1.165) is 4.90 Å². The van der Waals surface area contributed by atoms with Gasteiger partial charge in [0, 0.05) is 23.6 Å². The van der Waals surface area contributed by atoms with E-state index in [1.807, 2.05) is 0 Å². The number of imide groups is 2. The molecule has 0 radical (unpaired) electrons. The van der Waals surface area contributed by atoms with Crippen molar-refractivity contribution in [3.63, 3.8) is 0 Å². The second-order valence-corrected chi connectivity index (χ2v) is 7.15. The Morgan fingerprint density at radius 3 is 2.50 bits per heavy atom. The van der Waals surface area contributed by atoms with Crippen LogP contribution in [0.15, 0.2) is 66.4 Å². The molecular formula is C24H19N3O7. The third-order valence-electron chi connectivity index (χ3n) is 5.17. The molecule has 1 aromatic heterocycles. The summed E-state index contributed by atoms with van der Waals surface area (Å²) in [6.07, 6.45) is 2.99. The first-order valence-corrected chi connectivity index (χ1v) is 9.98. The van der Waals surface area contributed by atoms with Gasteiger partial charge in [-0.05, 0) is 48.5 Å². The van der Waals surface area contributed by atoms with Gasteiger partial charge in [-0.3, -0.25) is 14.9 Å². The van der Waals surface area contributed by atoms with Gasteiger partial charge in [0.05, 0.1) is 25.5 Å². The summed E-state index contributed by atoms with van der Waals surface area (Å²) < 4.78 is 12.1. The summed E-state index contributed by atoms with van der Waals surface area (Å²) in [6, 6.07) is 13.1. The third-order valence-corrected chi connectivity index (χ3v) is 5.17. The van der Waals surface area contributed by atoms with Crippen LogP contribution in [0.1, 0.15) is 16.1 Å². The van der Waals surface area contributed by atoms with Gasteiger partial charge in [0.25, 0.3) is 11.8 Å². The number of carbonyl (C=O) groups is 4. The zero-order valence-corrected chi connectivity index (χ0v) is 18.1. The molecule has 0 bridgehead atoms. The lowest BCUT2D eigenvalue weighted by atomic mass is 10.1. The molecule has 1 saturated heterocycles. The van der Waals surface area contributed by atoms with Crippen molar-refractivity contribution in [1.29, 1.82) is 0 Å². The Morgan fingerprint density at radius 2 is 1.79 bits per heavy atom. The number of urea groups is 1. The van der Waals surface area contributed by atoms with E-state index in [0.29, 0.717) is 17.1 Å². The predicted molar refractivity (Wildman–Crippen MR) is 121 cm³/mol. The number of amides is 4. The van der Waals surface area contributed by atoms with Crippen LogP contribution < -0.4 is 19.7 Å². The molecule has 10 nitrogen and oxygen atoms in total. The quantitative estimate of drug-likeness (QED) is 0.427. The van der Waals surface area contributed by atoms with Gasteiger partial charge in [-0.15, -0.1) is 0 Å². The number of anilines is 1. The Morgan fingerprint density at radius 1 is 1.00 bits per heavy atom. The fourth-order valence-corrected chi connectivity index (χ4v) is 3.53. The monoisotopic (exact) mass is 461 g/mol. The second-order valence-electron chi connectivity index (χ2n) is 7.15. The zero-order chi connectivity index (χ0) is 24.4. The van der Waals surface area contributed by atoms with Crippen LogP contribution in [-0.4, -0.2) is 47.7 Å². The first-order valence-electron chi connectivity index (χ1n) is 9.98. The van der Waals surface area contributed by atoms with Gasteiger partial charge in [-0.2, -0.15) is 0 Å². The first kappa shape index (κ1) is 22.3. The summed E-state index contributed by atoms with van der Waals surface area (Å²) in [5.74, 6) is -2.13. The predicted octanol–water partition coefficient (Wildman–Crippen LogP) is 2.86. The van der Waals surface area contributed by atoms with E-state index in [-0.39, 0.29) is 22.6 Å². The lowest BCUT2D eigenvalue weighted by Crippen LogP contribution is -2.54. The number of ether oxygens (including phenoxy) is 2. The number of carbonyl (C=O) groups excluding carboxylic acids is 3. The molecule has 1 fully saturated rings. The molecule has 10 heteroatoms. The van der Waals surface area contributed by atoms with Crippen LogP contribution in [0, 0.1) is 0 Å². The van der Waals surface area contributed by atoms with E-state index >= 15 is 0 Å². The van der Waals surface area contributed by atoms with Crippen LogP contribution in [0.3, 0.4) is 0 Å². The average molecular weight is 461 g/mol. The molecule has 2 N–H and O–H groups in total. The Balaban J connectivity index is 1.76. The molecule has 0 unspecified atom stereocenters. The van der Waals surface area contributed by atoms with Gasteiger partial charge in [0.1, 0.15) is 17.1 Å². The lowest BCUT2D eigenvalue weighted by molar-refractivity contribution is -0.122. The van der Waals surface area contributed by atoms with Gasteiger partial charge in [-0.25, -0.2) is 14.5 Å². The highest BCUT2D eigenvalue weighted by atomic mass is 16.5. The van der Waals surface area contributed by atoms with Crippen LogP contribution in [0.2, 0.25) is 0 Å². The maximum atomic E-state index is 13.3. The number of aromatic carboxylic acids is 1. The molecule has 2 aromatic carbocycles. The Labute approximate surface area is 193 Å². The van der Waals surface area contributed by atoms with Crippen molar-refractivity contribution < 1.29 is 33.8 Å². The molecule has 172 valence electrons. The molecule has 1 aliphatic rings. The highest BCUT2D eigenvalue weighted by Crippen LogP contribution is 2.34. The lowest BCUT2D eigenvalue weighted by Gasteiger charge is -2.27. The van der Waals surface area contributed by atoms with Crippen LogP contribution in [0.5, 0.6) is 11.5 Å². The van der Waals surface area contributed by atoms with Crippen molar-refractivity contribution in [3.8, 4) is 17.2 Å². The van der Waals surface area contributed by atoms with Gasteiger partial charge >= 0.3 is 12.0 Å². The second kappa shape index (κ2) is 8.94. The van der Waals surface area contributed by atoms with Crippen molar-refractivity contribution in [2.75, 3.05) is 19.1 Å². The van der Waals surface area contributed by atoms with Gasteiger partial charge in [0.15, 0.2) is 0 Å². The molecule has 2 heterocycles. The fourth-order valence-electron chi connectivity index (χ4n) is 3.53. The largest absolute Gasteiger partial charge is 0.497 e. The van der Waals surface area contributed by atoms with E-state index in [2.05, 4.69) is 5.32 Å². The van der Waals surface area contributed by atoms with Crippen LogP contribution >= 0.6 is 0 Å². The van der Waals surface area contributed by atoms with Crippen molar-refractivity contribution in [2.24, 2.45) is 0 Å². The molecule has 34 heavy (non-hydrogen) atoms. The average Bonchev–Trinajstić information content (AvgIpc) is 3.30. The Kier molecular flexibility index (Phi) is 5.88. The van der Waals surface area contributed by atoms with E-state index in [4.69, 9.17) is 9.47 Å². The molecule has 0 atom stereocenters. The van der Waals surface area contributed by atoms with Crippen molar-refractivity contribution >= 4 is 35.6 Å². The van der Waals surface area contributed by atoms with Gasteiger partial charge < -0.3 is 19.1 Å². The standard InChI is InChI=1S/C24H19N3O7/c1-33-17-8-9-19(20(13-17)34-2)27-22(29)18(21(28)25-24(27)32)12-16-7-4-10-26(16)15-6-3-5-14(11-15)23(30)31/h3-13H,1-2H3,(H,30,31)(H,25,28,32). The highest BCUT2D eigenvalue weighted by molar-refractivity contribution is 6.39. The number of carboxylic acids is 1. The SMILES string of the molecule is COc1ccc(N2C(=O)NC(=O)C(=Cc3cccn3-c3cccc(C(=O)O)c3)C2=O)c(OC)c1. The molecule has 3 aromatic rings. The van der Waals surface area contributed by atoms with Crippen LogP contribution in [-0.2, 0) is 9.59 Å². The fraction of sp³-hybridized carbons (Fsp3) is 0.0833. The summed E-state index contributed by atoms with van der Waals surface area (Å²) >= 11 is 0. The summed E-state index contributed by atoms with van der Waals surface area (Å²) in [5, 5.41) is 11.4. The number of methoxy groups -OCH3 is 2. The molecular weight excluding hydrogens is 442 g/mol. The molecule has 0 aliphatic carbocycles. The smallest absolute Gasteiger partial charge is 0.336 e. The number of barbiturate groups is 1. The summed E-state index contributed by atoms with van der Waals surface area (Å²) in [5.41, 5.74) is 0.877. The molecule has 1 aliphatic heterocycles. The highest BCUT2D eigenvalue weighted by Gasteiger charge is 2.38. The number of hydrogen-bond acceptors (Lipinski definition) is 6. The van der Waals surface area contributed by atoms with E-state index in [1.165, 1.54) is 44.6 Å². The minimum Gasteiger partial charge on any atom is -0.497 e. The number of carboxylic acid groups (broad SMARTS) is 1. The minimum atomic E-state index is -1.08. The number of aromatic nitrogens is 1. The maximum absolute atomic E-state index is 13.3. The number of hydrogen-bond donors (Lipinski definition) is 2. The van der Waals surface area contributed by atoms with Crippen LogP contribution in [0.25, 0.3) is 11.8 Å². The summed E-state index contributed by atoms with van der Waals surface area (Å²) in [4.78, 5) is 50.6. The van der Waals surface area contributed by atoms with Gasteiger partial charge in [-0.1, -0.05) is 6.07 Å². The minimum absolute atomic E-state index is 0.0830. The van der Waals surface area contributed by atoms with E-state index < -0.39 is 23.8 Å². The molecule has 4 rings (SSSR count).